The fraction of sp³-hybridized carbons (Fsp3) is 0.278. The Morgan fingerprint density at radius 3 is 2.74 bits per heavy atom. The van der Waals surface area contributed by atoms with E-state index in [2.05, 4.69) is 16.9 Å². The maximum absolute atomic E-state index is 13.4. The van der Waals surface area contributed by atoms with Gasteiger partial charge in [0.25, 0.3) is 5.56 Å². The van der Waals surface area contributed by atoms with E-state index >= 15 is 0 Å². The maximum Gasteiger partial charge on any atom is 0.416 e. The zero-order chi connectivity index (χ0) is 19.8. The monoisotopic (exact) mass is 395 g/mol. The lowest BCUT2D eigenvalue weighted by Gasteiger charge is -2.29. The summed E-state index contributed by atoms with van der Waals surface area (Å²) in [6.45, 7) is 3.60. The smallest absolute Gasteiger partial charge is 0.312 e. The number of nitrogens with zero attached hydrogens (tertiary/aromatic N) is 2. The number of carbonyl (C=O) groups excluding carboxylic acids is 1. The number of fused-ring (bicyclic) bond motifs is 1. The van der Waals surface area contributed by atoms with Crippen LogP contribution in [0, 0.1) is 0 Å². The second kappa shape index (κ2) is 7.22. The van der Waals surface area contributed by atoms with E-state index in [4.69, 9.17) is 0 Å². The summed E-state index contributed by atoms with van der Waals surface area (Å²) in [5, 5.41) is 2.96. The topological polar surface area (TPSA) is 64.0 Å². The molecular weight excluding hydrogens is 379 g/mol. The molecule has 1 aliphatic rings. The van der Waals surface area contributed by atoms with Gasteiger partial charge in [0.05, 0.1) is 11.1 Å². The molecule has 5 nitrogen and oxygen atoms in total. The van der Waals surface area contributed by atoms with Crippen molar-refractivity contribution in [1.82, 2.24) is 9.55 Å². The number of aromatic nitrogens is 2. The van der Waals surface area contributed by atoms with E-state index in [-0.39, 0.29) is 23.4 Å². The van der Waals surface area contributed by atoms with Gasteiger partial charge < -0.3 is 9.88 Å². The van der Waals surface area contributed by atoms with Gasteiger partial charge in [0.1, 0.15) is 5.82 Å². The average molecular weight is 395 g/mol. The van der Waals surface area contributed by atoms with Crippen molar-refractivity contribution in [3.05, 3.63) is 64.0 Å². The van der Waals surface area contributed by atoms with Crippen molar-refractivity contribution in [2.45, 2.75) is 23.7 Å². The Hall–Kier alpha value is -2.55. The van der Waals surface area contributed by atoms with Crippen LogP contribution in [-0.4, -0.2) is 21.2 Å². The molecule has 1 amide bonds. The third-order valence-corrected chi connectivity index (χ3v) is 5.30. The molecule has 9 heteroatoms. The van der Waals surface area contributed by atoms with Crippen molar-refractivity contribution in [2.24, 2.45) is 7.05 Å². The minimum atomic E-state index is -4.59. The van der Waals surface area contributed by atoms with E-state index in [1.807, 2.05) is 0 Å². The van der Waals surface area contributed by atoms with Gasteiger partial charge in [0.15, 0.2) is 5.16 Å². The zero-order valence-corrected chi connectivity index (χ0v) is 15.2. The van der Waals surface area contributed by atoms with Gasteiger partial charge in [-0.05, 0) is 11.6 Å². The van der Waals surface area contributed by atoms with Gasteiger partial charge in [0, 0.05) is 25.1 Å². The van der Waals surface area contributed by atoms with Crippen molar-refractivity contribution < 1.29 is 18.0 Å². The number of anilines is 1. The van der Waals surface area contributed by atoms with Crippen LogP contribution in [0.25, 0.3) is 0 Å². The van der Waals surface area contributed by atoms with E-state index in [1.54, 1.807) is 13.1 Å². The number of thioether (sulfide) groups is 1. The molecule has 0 bridgehead atoms. The van der Waals surface area contributed by atoms with Crippen LogP contribution in [0.15, 0.2) is 46.9 Å². The van der Waals surface area contributed by atoms with Gasteiger partial charge in [-0.2, -0.15) is 18.2 Å². The predicted molar refractivity (Wildman–Crippen MR) is 96.9 cm³/mol. The second-order valence-electron chi connectivity index (χ2n) is 6.01. The Labute approximate surface area is 157 Å². The molecule has 142 valence electrons. The van der Waals surface area contributed by atoms with Crippen molar-refractivity contribution in [2.75, 3.05) is 11.1 Å². The predicted octanol–water partition coefficient (Wildman–Crippen LogP) is 3.55. The Kier molecular flexibility index (Phi) is 5.14. The normalized spacial score (nSPS) is 16.6. The standard InChI is InChI=1S/C18H16F3N3O2S/c1-3-8-27-17-23-16(26)14-11(9-13(25)22-15(14)24(17)2)10-6-4-5-7-12(10)18(19,20)21/h3-7,11H,1,8-9H2,2H3,(H,22,25)/t11-/m1/s1. The summed E-state index contributed by atoms with van der Waals surface area (Å²) >= 11 is 1.24. The number of nitrogens with one attached hydrogen (secondary N) is 1. The highest BCUT2D eigenvalue weighted by molar-refractivity contribution is 7.99. The zero-order valence-electron chi connectivity index (χ0n) is 14.3. The Balaban J connectivity index is 2.21. The lowest BCUT2D eigenvalue weighted by Crippen LogP contribution is -2.34. The van der Waals surface area contributed by atoms with Gasteiger partial charge in [0.2, 0.25) is 5.91 Å². The maximum atomic E-state index is 13.4. The summed E-state index contributed by atoms with van der Waals surface area (Å²) in [6, 6.07) is 4.99. The van der Waals surface area contributed by atoms with Crippen LogP contribution >= 0.6 is 11.8 Å². The first-order valence-corrected chi connectivity index (χ1v) is 9.03. The van der Waals surface area contributed by atoms with Crippen molar-refractivity contribution in [3.63, 3.8) is 0 Å². The Bertz CT molecular complexity index is 969. The SMILES string of the molecule is C=CCSc1nc(=O)c2c(n1C)NC(=O)C[C@@H]2c1ccccc1C(F)(F)F. The van der Waals surface area contributed by atoms with Crippen LogP contribution in [0.1, 0.15) is 29.0 Å². The van der Waals surface area contributed by atoms with Gasteiger partial charge in [-0.15, -0.1) is 6.58 Å². The van der Waals surface area contributed by atoms with Crippen molar-refractivity contribution >= 4 is 23.5 Å². The molecule has 0 spiro atoms. The molecule has 2 aromatic rings. The molecule has 1 aliphatic heterocycles. The summed E-state index contributed by atoms with van der Waals surface area (Å²) in [5.41, 5.74) is -1.54. The van der Waals surface area contributed by atoms with E-state index in [9.17, 15) is 22.8 Å². The van der Waals surface area contributed by atoms with E-state index in [0.29, 0.717) is 10.9 Å². The molecule has 0 radical (unpaired) electrons. The Morgan fingerprint density at radius 1 is 1.37 bits per heavy atom. The highest BCUT2D eigenvalue weighted by Crippen LogP contribution is 2.41. The molecule has 3 rings (SSSR count). The molecule has 1 aromatic heterocycles. The molecule has 1 N–H and O–H groups in total. The van der Waals surface area contributed by atoms with Crippen LogP contribution in [0.3, 0.4) is 0 Å². The lowest BCUT2D eigenvalue weighted by molar-refractivity contribution is -0.138. The summed E-state index contributed by atoms with van der Waals surface area (Å²) in [4.78, 5) is 28.9. The Morgan fingerprint density at radius 2 is 2.07 bits per heavy atom. The number of carbonyl (C=O) groups is 1. The second-order valence-corrected chi connectivity index (χ2v) is 7.00. The molecule has 2 heterocycles. The average Bonchev–Trinajstić information content (AvgIpc) is 2.62. The molecule has 0 fully saturated rings. The third-order valence-electron chi connectivity index (χ3n) is 4.27. The first-order chi connectivity index (χ1) is 12.7. The first kappa shape index (κ1) is 19.2. The summed E-state index contributed by atoms with van der Waals surface area (Å²) in [5.74, 6) is -0.797. The van der Waals surface area contributed by atoms with Gasteiger partial charge in [-0.3, -0.25) is 9.59 Å². The van der Waals surface area contributed by atoms with Crippen LogP contribution in [0.2, 0.25) is 0 Å². The highest BCUT2D eigenvalue weighted by Gasteiger charge is 2.39. The molecule has 1 aromatic carbocycles. The number of hydrogen-bond donors (Lipinski definition) is 1. The number of rotatable bonds is 4. The molecule has 0 saturated heterocycles. The van der Waals surface area contributed by atoms with Gasteiger partial charge in [-0.25, -0.2) is 0 Å². The van der Waals surface area contributed by atoms with Crippen molar-refractivity contribution in [1.29, 1.82) is 0 Å². The lowest BCUT2D eigenvalue weighted by atomic mass is 9.84. The van der Waals surface area contributed by atoms with Crippen LogP contribution in [0.4, 0.5) is 19.0 Å². The minimum absolute atomic E-state index is 0.0664. The third kappa shape index (κ3) is 3.64. The molecular formula is C18H16F3N3O2S. The summed E-state index contributed by atoms with van der Waals surface area (Å²) in [7, 11) is 1.61. The van der Waals surface area contributed by atoms with E-state index in [1.165, 1.54) is 34.5 Å². The number of halogens is 3. The molecule has 0 unspecified atom stereocenters. The van der Waals surface area contributed by atoms with E-state index in [0.717, 1.165) is 6.07 Å². The minimum Gasteiger partial charge on any atom is -0.312 e. The van der Waals surface area contributed by atoms with Gasteiger partial charge >= 0.3 is 6.18 Å². The quantitative estimate of drug-likeness (QED) is 0.489. The number of amides is 1. The number of benzene rings is 1. The molecule has 0 aliphatic carbocycles. The fourth-order valence-corrected chi connectivity index (χ4v) is 3.82. The fourth-order valence-electron chi connectivity index (χ4n) is 3.12. The van der Waals surface area contributed by atoms with Crippen LogP contribution in [-0.2, 0) is 18.0 Å². The largest absolute Gasteiger partial charge is 0.416 e. The highest BCUT2D eigenvalue weighted by atomic mass is 32.2. The van der Waals surface area contributed by atoms with E-state index < -0.39 is 29.1 Å². The summed E-state index contributed by atoms with van der Waals surface area (Å²) in [6.07, 6.45) is -3.21. The van der Waals surface area contributed by atoms with Crippen LogP contribution < -0.4 is 10.9 Å². The number of hydrogen-bond acceptors (Lipinski definition) is 4. The summed E-state index contributed by atoms with van der Waals surface area (Å²) < 4.78 is 41.9. The van der Waals surface area contributed by atoms with Crippen LogP contribution in [0.5, 0.6) is 0 Å². The molecule has 1 atom stereocenters. The first-order valence-electron chi connectivity index (χ1n) is 8.04. The van der Waals surface area contributed by atoms with Crippen molar-refractivity contribution in [3.8, 4) is 0 Å². The molecule has 0 saturated carbocycles. The van der Waals surface area contributed by atoms with Gasteiger partial charge in [-0.1, -0.05) is 36.0 Å². The molecule has 27 heavy (non-hydrogen) atoms. The number of alkyl halides is 3.